The summed E-state index contributed by atoms with van der Waals surface area (Å²) in [5.41, 5.74) is 1.20. The summed E-state index contributed by atoms with van der Waals surface area (Å²) in [7, 11) is 0. The Bertz CT molecular complexity index is 208. The van der Waals surface area contributed by atoms with E-state index in [1.807, 2.05) is 0 Å². The first-order valence-electron chi connectivity index (χ1n) is 8.91. The van der Waals surface area contributed by atoms with E-state index in [1.165, 1.54) is 82.9 Å². The molecule has 0 N–H and O–H groups in total. The molecule has 0 saturated carbocycles. The van der Waals surface area contributed by atoms with Crippen molar-refractivity contribution in [3.63, 3.8) is 0 Å². The van der Waals surface area contributed by atoms with Crippen molar-refractivity contribution >= 4 is 18.9 Å². The molecule has 0 saturated heterocycles. The molecule has 0 unspecified atom stereocenters. The van der Waals surface area contributed by atoms with Crippen molar-refractivity contribution in [1.29, 1.82) is 0 Å². The second kappa shape index (κ2) is 18.3. The second-order valence-electron chi connectivity index (χ2n) is 6.18. The Labute approximate surface area is 147 Å². The van der Waals surface area contributed by atoms with Crippen LogP contribution in [0.1, 0.15) is 85.0 Å². The van der Waals surface area contributed by atoms with Crippen LogP contribution >= 0.6 is 0 Å². The van der Waals surface area contributed by atoms with E-state index in [1.54, 1.807) is 0 Å². The molecule has 0 aliphatic heterocycles. The molecule has 0 rings (SSSR count). The zero-order chi connectivity index (χ0) is 15.1. The van der Waals surface area contributed by atoms with Crippen LogP contribution in [0.5, 0.6) is 0 Å². The Kier molecular flexibility index (Phi) is 20.6. The van der Waals surface area contributed by atoms with Crippen molar-refractivity contribution in [2.45, 2.75) is 85.0 Å². The van der Waals surface area contributed by atoms with Crippen molar-refractivity contribution in [2.24, 2.45) is 0 Å². The van der Waals surface area contributed by atoms with Crippen molar-refractivity contribution in [3.05, 3.63) is 18.6 Å². The third-order valence-corrected chi connectivity index (χ3v) is 3.85. The SMILES string of the molecule is [CH2]C(C)=CCN(CCCCCCC)CCCCCCC.[LiH]. The monoisotopic (exact) mass is 288 g/mol. The first-order chi connectivity index (χ1) is 9.70. The van der Waals surface area contributed by atoms with E-state index in [9.17, 15) is 0 Å². The summed E-state index contributed by atoms with van der Waals surface area (Å²) in [5.74, 6) is 0. The molecule has 1 nitrogen and oxygen atoms in total. The van der Waals surface area contributed by atoms with Crippen molar-refractivity contribution in [1.82, 2.24) is 4.90 Å². The molecule has 121 valence electrons. The predicted octanol–water partition coefficient (Wildman–Crippen LogP) is 5.36. The van der Waals surface area contributed by atoms with Gasteiger partial charge >= 0.3 is 18.9 Å². The molecular formula is C19H39LiN. The van der Waals surface area contributed by atoms with Gasteiger partial charge in [-0.05, 0) is 39.8 Å². The molecule has 0 atom stereocenters. The van der Waals surface area contributed by atoms with Gasteiger partial charge in [0.2, 0.25) is 0 Å². The number of hydrogen-bond acceptors (Lipinski definition) is 1. The molecule has 0 aliphatic carbocycles. The summed E-state index contributed by atoms with van der Waals surface area (Å²) in [5, 5.41) is 0. The standard InChI is InChI=1S/C19H38N.Li.H/c1-5-7-9-11-13-16-20(18-15-19(3)4)17-14-12-10-8-6-2;;/h15H,3,5-14,16-18H2,1-2,4H3;;. The Morgan fingerprint density at radius 2 is 1.24 bits per heavy atom. The zero-order valence-corrected chi connectivity index (χ0v) is 14.4. The fourth-order valence-corrected chi connectivity index (χ4v) is 2.46. The first kappa shape index (κ1) is 23.6. The van der Waals surface area contributed by atoms with E-state index in [-0.39, 0.29) is 18.9 Å². The average molecular weight is 288 g/mol. The van der Waals surface area contributed by atoms with Gasteiger partial charge in [-0.1, -0.05) is 76.9 Å². The summed E-state index contributed by atoms with van der Waals surface area (Å²) in [6.45, 7) is 14.3. The van der Waals surface area contributed by atoms with Crippen molar-refractivity contribution in [3.8, 4) is 0 Å². The quantitative estimate of drug-likeness (QED) is 0.307. The molecule has 0 amide bonds. The normalized spacial score (nSPS) is 11.8. The fraction of sp³-hybridized carbons (Fsp3) is 0.842. The number of allylic oxidation sites excluding steroid dienone is 1. The van der Waals surface area contributed by atoms with Gasteiger partial charge in [-0.25, -0.2) is 0 Å². The summed E-state index contributed by atoms with van der Waals surface area (Å²) < 4.78 is 0. The van der Waals surface area contributed by atoms with Crippen LogP contribution in [0.2, 0.25) is 0 Å². The Balaban J connectivity index is 0. The van der Waals surface area contributed by atoms with Gasteiger partial charge in [0.15, 0.2) is 0 Å². The molecule has 2 heteroatoms. The van der Waals surface area contributed by atoms with Crippen molar-refractivity contribution in [2.75, 3.05) is 19.6 Å². The molecule has 0 aromatic carbocycles. The van der Waals surface area contributed by atoms with Crippen LogP contribution in [0.3, 0.4) is 0 Å². The Morgan fingerprint density at radius 1 is 0.810 bits per heavy atom. The molecule has 21 heavy (non-hydrogen) atoms. The van der Waals surface area contributed by atoms with Crippen LogP contribution in [0, 0.1) is 6.92 Å². The van der Waals surface area contributed by atoms with E-state index in [4.69, 9.17) is 0 Å². The fourth-order valence-electron chi connectivity index (χ4n) is 2.46. The minimum atomic E-state index is 0. The van der Waals surface area contributed by atoms with E-state index in [2.05, 4.69) is 38.7 Å². The molecule has 0 heterocycles. The summed E-state index contributed by atoms with van der Waals surface area (Å²) in [6.07, 6.45) is 16.1. The molecule has 0 aromatic heterocycles. The summed E-state index contributed by atoms with van der Waals surface area (Å²) in [6, 6.07) is 0. The van der Waals surface area contributed by atoms with Gasteiger partial charge in [0.1, 0.15) is 0 Å². The third-order valence-electron chi connectivity index (χ3n) is 3.85. The van der Waals surface area contributed by atoms with Crippen molar-refractivity contribution < 1.29 is 0 Å². The molecule has 0 aliphatic rings. The minimum absolute atomic E-state index is 0. The van der Waals surface area contributed by atoms with Gasteiger partial charge in [0.25, 0.3) is 0 Å². The van der Waals surface area contributed by atoms with Gasteiger partial charge in [0.05, 0.1) is 0 Å². The van der Waals surface area contributed by atoms with E-state index in [0.29, 0.717) is 0 Å². The number of hydrogen-bond donors (Lipinski definition) is 0. The molecular weight excluding hydrogens is 249 g/mol. The van der Waals surface area contributed by atoms with Gasteiger partial charge in [-0.15, -0.1) is 0 Å². The third kappa shape index (κ3) is 18.2. The summed E-state index contributed by atoms with van der Waals surface area (Å²) in [4.78, 5) is 2.62. The molecule has 0 bridgehead atoms. The topological polar surface area (TPSA) is 3.24 Å². The number of nitrogens with zero attached hydrogens (tertiary/aromatic N) is 1. The Hall–Kier alpha value is 0.297. The maximum atomic E-state index is 3.99. The molecule has 0 aromatic rings. The van der Waals surface area contributed by atoms with E-state index < -0.39 is 0 Å². The van der Waals surface area contributed by atoms with Crippen LogP contribution in [0.25, 0.3) is 0 Å². The van der Waals surface area contributed by atoms with Crippen LogP contribution in [0.15, 0.2) is 11.6 Å². The van der Waals surface area contributed by atoms with Gasteiger partial charge in [-0.2, -0.15) is 0 Å². The van der Waals surface area contributed by atoms with E-state index >= 15 is 0 Å². The second-order valence-corrected chi connectivity index (χ2v) is 6.18. The van der Waals surface area contributed by atoms with Crippen LogP contribution in [-0.2, 0) is 0 Å². The van der Waals surface area contributed by atoms with Crippen LogP contribution < -0.4 is 0 Å². The number of unbranched alkanes of at least 4 members (excludes halogenated alkanes) is 8. The maximum absolute atomic E-state index is 3.99. The van der Waals surface area contributed by atoms with E-state index in [0.717, 1.165) is 6.54 Å². The first-order valence-corrected chi connectivity index (χ1v) is 8.91. The van der Waals surface area contributed by atoms with Gasteiger partial charge in [0, 0.05) is 6.54 Å². The summed E-state index contributed by atoms with van der Waals surface area (Å²) >= 11 is 0. The average Bonchev–Trinajstić information content (AvgIpc) is 2.43. The zero-order valence-electron chi connectivity index (χ0n) is 14.4. The molecule has 0 spiro atoms. The van der Waals surface area contributed by atoms with Gasteiger partial charge in [-0.3, -0.25) is 4.90 Å². The van der Waals surface area contributed by atoms with Gasteiger partial charge < -0.3 is 0 Å². The number of rotatable bonds is 14. The molecule has 1 radical (unpaired) electrons. The molecule has 0 fully saturated rings. The van der Waals surface area contributed by atoms with Crippen LogP contribution in [0.4, 0.5) is 0 Å². The predicted molar refractivity (Wildman–Crippen MR) is 100 cm³/mol. The van der Waals surface area contributed by atoms with Crippen LogP contribution in [-0.4, -0.2) is 43.4 Å². The Morgan fingerprint density at radius 3 is 1.62 bits per heavy atom.